The number of benzene rings is 1. The lowest BCUT2D eigenvalue weighted by atomic mass is 10.2. The van der Waals surface area contributed by atoms with E-state index in [2.05, 4.69) is 15.2 Å². The molecule has 1 saturated heterocycles. The van der Waals surface area contributed by atoms with Crippen LogP contribution in [0.15, 0.2) is 47.6 Å². The Kier molecular flexibility index (Phi) is 5.28. The summed E-state index contributed by atoms with van der Waals surface area (Å²) in [5, 5.41) is 9.04. The van der Waals surface area contributed by atoms with Crippen LogP contribution < -0.4 is 4.90 Å². The number of halogens is 1. The Morgan fingerprint density at radius 1 is 0.966 bits per heavy atom. The van der Waals surface area contributed by atoms with Crippen molar-refractivity contribution >= 4 is 27.4 Å². The van der Waals surface area contributed by atoms with Crippen molar-refractivity contribution in [2.75, 3.05) is 31.1 Å². The predicted molar refractivity (Wildman–Crippen MR) is 111 cm³/mol. The molecule has 1 aliphatic rings. The monoisotopic (exact) mass is 432 g/mol. The number of sulfonamides is 1. The van der Waals surface area contributed by atoms with E-state index in [1.165, 1.54) is 4.31 Å². The highest BCUT2D eigenvalue weighted by molar-refractivity contribution is 7.89. The number of aromatic nitrogens is 4. The smallest absolute Gasteiger partial charge is 0.243 e. The first-order chi connectivity index (χ1) is 13.9. The third kappa shape index (κ3) is 3.73. The van der Waals surface area contributed by atoms with E-state index in [-0.39, 0.29) is 4.90 Å². The molecule has 0 unspecified atom stereocenters. The summed E-state index contributed by atoms with van der Waals surface area (Å²) in [6.07, 6.45) is 3.55. The van der Waals surface area contributed by atoms with Crippen molar-refractivity contribution in [1.82, 2.24) is 24.1 Å². The summed E-state index contributed by atoms with van der Waals surface area (Å²) in [6.45, 7) is 5.45. The Bertz CT molecular complexity index is 1120. The quantitative estimate of drug-likeness (QED) is 0.629. The number of hydrogen-bond donors (Lipinski definition) is 0. The number of hydrogen-bond acceptors (Lipinski definition) is 6. The van der Waals surface area contributed by atoms with Crippen molar-refractivity contribution < 1.29 is 8.42 Å². The second-order valence-corrected chi connectivity index (χ2v) is 9.16. The van der Waals surface area contributed by atoms with Gasteiger partial charge in [-0.05, 0) is 43.7 Å². The molecule has 152 valence electrons. The van der Waals surface area contributed by atoms with E-state index in [0.29, 0.717) is 42.6 Å². The maximum Gasteiger partial charge on any atom is 0.243 e. The van der Waals surface area contributed by atoms with E-state index in [0.717, 1.165) is 11.6 Å². The Morgan fingerprint density at radius 3 is 2.28 bits per heavy atom. The van der Waals surface area contributed by atoms with Crippen LogP contribution in [0, 0.1) is 13.8 Å². The molecule has 10 heteroatoms. The van der Waals surface area contributed by atoms with Gasteiger partial charge >= 0.3 is 0 Å². The summed E-state index contributed by atoms with van der Waals surface area (Å²) in [5.74, 6) is 2.26. The van der Waals surface area contributed by atoms with E-state index >= 15 is 0 Å². The van der Waals surface area contributed by atoms with Gasteiger partial charge in [0.05, 0.1) is 4.90 Å². The number of nitrogens with zero attached hydrogens (tertiary/aromatic N) is 6. The first-order valence-corrected chi connectivity index (χ1v) is 11.0. The van der Waals surface area contributed by atoms with E-state index in [1.807, 2.05) is 34.7 Å². The zero-order valence-electron chi connectivity index (χ0n) is 16.2. The van der Waals surface area contributed by atoms with E-state index in [1.54, 1.807) is 31.3 Å². The van der Waals surface area contributed by atoms with Crippen molar-refractivity contribution in [3.8, 4) is 5.82 Å². The van der Waals surface area contributed by atoms with Gasteiger partial charge < -0.3 is 4.90 Å². The van der Waals surface area contributed by atoms with Crippen LogP contribution in [0.3, 0.4) is 0 Å². The average Bonchev–Trinajstić information content (AvgIpc) is 3.16. The highest BCUT2D eigenvalue weighted by atomic mass is 35.5. The molecule has 0 radical (unpaired) electrons. The van der Waals surface area contributed by atoms with Crippen LogP contribution in [0.25, 0.3) is 5.82 Å². The molecular weight excluding hydrogens is 412 g/mol. The standard InChI is InChI=1S/C19H21ClN6O2S/c1-14-16(20)4-3-5-17(14)29(27,28)25-12-10-24(11-13-25)18-6-7-19(23-22-18)26-9-8-21-15(26)2/h3-9H,10-13H2,1-2H3. The van der Waals surface area contributed by atoms with Gasteiger partial charge in [0, 0.05) is 43.6 Å². The first-order valence-electron chi connectivity index (χ1n) is 9.22. The van der Waals surface area contributed by atoms with Crippen molar-refractivity contribution in [2.45, 2.75) is 18.7 Å². The molecule has 0 aliphatic carbocycles. The second kappa shape index (κ2) is 7.74. The molecule has 0 atom stereocenters. The SMILES string of the molecule is Cc1c(Cl)cccc1S(=O)(=O)N1CCN(c2ccc(-n3ccnc3C)nn2)CC1. The normalized spacial score (nSPS) is 15.6. The highest BCUT2D eigenvalue weighted by Crippen LogP contribution is 2.26. The topological polar surface area (TPSA) is 84.2 Å². The minimum absolute atomic E-state index is 0.262. The van der Waals surface area contributed by atoms with Crippen LogP contribution in [0.4, 0.5) is 5.82 Å². The zero-order valence-corrected chi connectivity index (χ0v) is 17.7. The van der Waals surface area contributed by atoms with Crippen LogP contribution >= 0.6 is 11.6 Å². The fraction of sp³-hybridized carbons (Fsp3) is 0.316. The molecule has 0 saturated carbocycles. The molecule has 0 spiro atoms. The fourth-order valence-corrected chi connectivity index (χ4v) is 5.30. The van der Waals surface area contributed by atoms with Crippen molar-refractivity contribution in [2.24, 2.45) is 0 Å². The Balaban J connectivity index is 1.47. The van der Waals surface area contributed by atoms with Gasteiger partial charge in [-0.25, -0.2) is 13.4 Å². The maximum absolute atomic E-state index is 13.0. The summed E-state index contributed by atoms with van der Waals surface area (Å²) >= 11 is 6.11. The zero-order chi connectivity index (χ0) is 20.6. The number of rotatable bonds is 4. The van der Waals surface area contributed by atoms with Gasteiger partial charge in [-0.1, -0.05) is 17.7 Å². The van der Waals surface area contributed by atoms with Gasteiger partial charge in [-0.15, -0.1) is 10.2 Å². The maximum atomic E-state index is 13.0. The van der Waals surface area contributed by atoms with Gasteiger partial charge in [0.2, 0.25) is 10.0 Å². The van der Waals surface area contributed by atoms with Gasteiger partial charge in [-0.3, -0.25) is 4.57 Å². The van der Waals surface area contributed by atoms with Crippen LogP contribution in [0.1, 0.15) is 11.4 Å². The molecule has 2 aromatic heterocycles. The summed E-state index contributed by atoms with van der Waals surface area (Å²) in [7, 11) is -3.59. The minimum atomic E-state index is -3.59. The Hall–Kier alpha value is -2.49. The van der Waals surface area contributed by atoms with Gasteiger partial charge in [0.1, 0.15) is 5.82 Å². The Morgan fingerprint density at radius 2 is 1.66 bits per heavy atom. The molecule has 0 amide bonds. The van der Waals surface area contributed by atoms with Crippen LogP contribution in [-0.4, -0.2) is 58.7 Å². The molecule has 29 heavy (non-hydrogen) atoms. The molecule has 3 heterocycles. The lowest BCUT2D eigenvalue weighted by Gasteiger charge is -2.34. The molecule has 8 nitrogen and oxygen atoms in total. The third-order valence-corrected chi connectivity index (χ3v) is 7.56. The van der Waals surface area contributed by atoms with E-state index in [9.17, 15) is 8.42 Å². The van der Waals surface area contributed by atoms with Gasteiger partial charge in [-0.2, -0.15) is 4.31 Å². The molecule has 0 bridgehead atoms. The molecule has 1 fully saturated rings. The van der Waals surface area contributed by atoms with Crippen molar-refractivity contribution in [3.05, 3.63) is 59.1 Å². The predicted octanol–water partition coefficient (Wildman–Crippen LogP) is 2.44. The summed E-state index contributed by atoms with van der Waals surface area (Å²) < 4.78 is 29.4. The van der Waals surface area contributed by atoms with Crippen molar-refractivity contribution in [3.63, 3.8) is 0 Å². The molecule has 0 N–H and O–H groups in total. The lowest BCUT2D eigenvalue weighted by molar-refractivity contribution is 0.383. The molecule has 1 aromatic carbocycles. The number of aryl methyl sites for hydroxylation is 1. The molecular formula is C19H21ClN6O2S. The third-order valence-electron chi connectivity index (χ3n) is 5.11. The fourth-order valence-electron chi connectivity index (χ4n) is 3.40. The van der Waals surface area contributed by atoms with Crippen LogP contribution in [0.2, 0.25) is 5.02 Å². The second-order valence-electron chi connectivity index (χ2n) is 6.85. The molecule has 4 rings (SSSR count). The first kappa shape index (κ1) is 19.8. The number of piperazine rings is 1. The van der Waals surface area contributed by atoms with Crippen LogP contribution in [0.5, 0.6) is 0 Å². The van der Waals surface area contributed by atoms with E-state index < -0.39 is 10.0 Å². The number of anilines is 1. The van der Waals surface area contributed by atoms with Crippen LogP contribution in [-0.2, 0) is 10.0 Å². The van der Waals surface area contributed by atoms with Crippen molar-refractivity contribution in [1.29, 1.82) is 0 Å². The Labute approximate surface area is 174 Å². The summed E-state index contributed by atoms with van der Waals surface area (Å²) in [4.78, 5) is 6.49. The molecule has 3 aromatic rings. The summed E-state index contributed by atoms with van der Waals surface area (Å²) in [6, 6.07) is 8.74. The largest absolute Gasteiger partial charge is 0.352 e. The lowest BCUT2D eigenvalue weighted by Crippen LogP contribution is -2.49. The van der Waals surface area contributed by atoms with Gasteiger partial charge in [0.15, 0.2) is 11.6 Å². The average molecular weight is 433 g/mol. The summed E-state index contributed by atoms with van der Waals surface area (Å²) in [5.41, 5.74) is 0.577. The number of imidazole rings is 1. The molecule has 1 aliphatic heterocycles. The minimum Gasteiger partial charge on any atom is -0.352 e. The highest BCUT2D eigenvalue weighted by Gasteiger charge is 2.30. The van der Waals surface area contributed by atoms with E-state index in [4.69, 9.17) is 11.6 Å². The van der Waals surface area contributed by atoms with Gasteiger partial charge in [0.25, 0.3) is 0 Å².